The summed E-state index contributed by atoms with van der Waals surface area (Å²) in [6.07, 6.45) is 1.66. The van der Waals surface area contributed by atoms with Crippen molar-refractivity contribution in [2.45, 2.75) is 26.8 Å². The Kier molecular flexibility index (Phi) is 7.60. The molecule has 4 nitrogen and oxygen atoms in total. The molecule has 0 aliphatic carbocycles. The highest BCUT2D eigenvalue weighted by molar-refractivity contribution is 7.84. The number of amides is 1. The van der Waals surface area contributed by atoms with Crippen LogP contribution in [-0.4, -0.2) is 41.3 Å². The first-order valence-corrected chi connectivity index (χ1v) is 6.97. The highest BCUT2D eigenvalue weighted by Gasteiger charge is 2.11. The molecule has 2 unspecified atom stereocenters. The molecule has 0 bridgehead atoms. The minimum absolute atomic E-state index is 0.00517. The number of carbonyl (C=O) groups is 1. The van der Waals surface area contributed by atoms with E-state index >= 15 is 0 Å². The van der Waals surface area contributed by atoms with Gasteiger partial charge in [0.25, 0.3) is 0 Å². The van der Waals surface area contributed by atoms with E-state index in [1.165, 1.54) is 0 Å². The van der Waals surface area contributed by atoms with Gasteiger partial charge in [-0.25, -0.2) is 0 Å². The van der Waals surface area contributed by atoms with E-state index in [4.69, 9.17) is 0 Å². The van der Waals surface area contributed by atoms with Gasteiger partial charge < -0.3 is 10.6 Å². The van der Waals surface area contributed by atoms with Crippen molar-refractivity contribution in [3.8, 4) is 0 Å². The molecule has 2 N–H and O–H groups in total. The summed E-state index contributed by atoms with van der Waals surface area (Å²) in [5.41, 5.74) is 0. The normalized spacial score (nSPS) is 15.0. The molecule has 90 valence electrons. The van der Waals surface area contributed by atoms with Crippen LogP contribution in [-0.2, 0) is 15.6 Å². The van der Waals surface area contributed by atoms with E-state index in [-0.39, 0.29) is 11.9 Å². The maximum absolute atomic E-state index is 11.5. The third-order valence-corrected chi connectivity index (χ3v) is 2.70. The molecule has 0 saturated heterocycles. The minimum atomic E-state index is -0.800. The molecule has 0 radical (unpaired) electrons. The van der Waals surface area contributed by atoms with Crippen LogP contribution in [0.3, 0.4) is 0 Å². The van der Waals surface area contributed by atoms with Crippen LogP contribution >= 0.6 is 0 Å². The maximum atomic E-state index is 11.5. The van der Waals surface area contributed by atoms with Gasteiger partial charge in [0.15, 0.2) is 0 Å². The second-order valence-corrected chi connectivity index (χ2v) is 5.65. The van der Waals surface area contributed by atoms with Gasteiger partial charge in [0, 0.05) is 35.9 Å². The molecule has 0 aromatic heterocycles. The van der Waals surface area contributed by atoms with E-state index in [2.05, 4.69) is 24.5 Å². The number of carbonyl (C=O) groups excluding carboxylic acids is 1. The van der Waals surface area contributed by atoms with Gasteiger partial charge in [-0.15, -0.1) is 0 Å². The molecule has 0 fully saturated rings. The van der Waals surface area contributed by atoms with Crippen LogP contribution in [0.25, 0.3) is 0 Å². The predicted molar refractivity (Wildman–Crippen MR) is 64.2 cm³/mol. The van der Waals surface area contributed by atoms with Gasteiger partial charge in [0.1, 0.15) is 0 Å². The van der Waals surface area contributed by atoms with E-state index in [1.807, 2.05) is 6.92 Å². The Hall–Kier alpha value is -0.420. The Balaban J connectivity index is 3.64. The largest absolute Gasteiger partial charge is 0.354 e. The zero-order valence-electron chi connectivity index (χ0n) is 10.0. The van der Waals surface area contributed by atoms with Gasteiger partial charge in [-0.2, -0.15) is 0 Å². The van der Waals surface area contributed by atoms with E-state index in [0.717, 1.165) is 0 Å². The fourth-order valence-corrected chi connectivity index (χ4v) is 1.37. The van der Waals surface area contributed by atoms with E-state index in [1.54, 1.807) is 6.26 Å². The molecule has 15 heavy (non-hydrogen) atoms. The fraction of sp³-hybridized carbons (Fsp3) is 0.900. The second kappa shape index (κ2) is 7.82. The van der Waals surface area contributed by atoms with Crippen LogP contribution in [0.5, 0.6) is 0 Å². The lowest BCUT2D eigenvalue weighted by atomic mass is 10.2. The van der Waals surface area contributed by atoms with Gasteiger partial charge >= 0.3 is 0 Å². The second-order valence-electron chi connectivity index (χ2n) is 4.09. The number of nitrogens with one attached hydrogen (secondary N) is 2. The molecule has 1 amide bonds. The molecule has 0 spiro atoms. The lowest BCUT2D eigenvalue weighted by Crippen LogP contribution is -2.44. The molecule has 0 aliphatic rings. The maximum Gasteiger partial charge on any atom is 0.236 e. The van der Waals surface area contributed by atoms with Crippen molar-refractivity contribution in [2.75, 3.05) is 25.1 Å². The Bertz CT molecular complexity index is 219. The Morgan fingerprint density at radius 2 is 1.93 bits per heavy atom. The summed E-state index contributed by atoms with van der Waals surface area (Å²) in [5, 5.41) is 5.88. The quantitative estimate of drug-likeness (QED) is 0.657. The summed E-state index contributed by atoms with van der Waals surface area (Å²) in [7, 11) is -0.800. The van der Waals surface area contributed by atoms with Gasteiger partial charge in [0.05, 0.1) is 6.04 Å². The molecule has 0 saturated carbocycles. The van der Waals surface area contributed by atoms with Crippen LogP contribution < -0.4 is 10.6 Å². The van der Waals surface area contributed by atoms with Crippen LogP contribution in [0.4, 0.5) is 0 Å². The summed E-state index contributed by atoms with van der Waals surface area (Å²) in [4.78, 5) is 11.5. The SMILES string of the molecule is CC(C)CNC(=O)C(C)NCCS(C)=O. The van der Waals surface area contributed by atoms with E-state index in [0.29, 0.717) is 24.8 Å². The third-order valence-electron chi connectivity index (χ3n) is 1.92. The molecule has 0 rings (SSSR count). The lowest BCUT2D eigenvalue weighted by molar-refractivity contribution is -0.122. The van der Waals surface area contributed by atoms with Crippen molar-refractivity contribution in [1.82, 2.24) is 10.6 Å². The van der Waals surface area contributed by atoms with Gasteiger partial charge in [0.2, 0.25) is 5.91 Å². The van der Waals surface area contributed by atoms with Crippen molar-refractivity contribution < 1.29 is 9.00 Å². The Morgan fingerprint density at radius 1 is 1.33 bits per heavy atom. The highest BCUT2D eigenvalue weighted by Crippen LogP contribution is 1.89. The number of rotatable bonds is 7. The van der Waals surface area contributed by atoms with Crippen LogP contribution in [0.2, 0.25) is 0 Å². The summed E-state index contributed by atoms with van der Waals surface area (Å²) in [6.45, 7) is 7.23. The molecule has 0 aliphatic heterocycles. The Morgan fingerprint density at radius 3 is 2.40 bits per heavy atom. The summed E-state index contributed by atoms with van der Waals surface area (Å²) < 4.78 is 10.8. The highest BCUT2D eigenvalue weighted by atomic mass is 32.2. The molecular weight excluding hydrogens is 212 g/mol. The lowest BCUT2D eigenvalue weighted by Gasteiger charge is -2.14. The topological polar surface area (TPSA) is 58.2 Å². The van der Waals surface area contributed by atoms with E-state index < -0.39 is 10.8 Å². The first kappa shape index (κ1) is 14.6. The molecular formula is C10H22N2O2S. The average molecular weight is 234 g/mol. The average Bonchev–Trinajstić information content (AvgIpc) is 2.13. The molecule has 2 atom stereocenters. The van der Waals surface area contributed by atoms with E-state index in [9.17, 15) is 9.00 Å². The zero-order chi connectivity index (χ0) is 11.8. The van der Waals surface area contributed by atoms with Crippen LogP contribution in [0.15, 0.2) is 0 Å². The van der Waals surface area contributed by atoms with Gasteiger partial charge in [-0.3, -0.25) is 9.00 Å². The monoisotopic (exact) mass is 234 g/mol. The Labute approximate surface area is 94.7 Å². The van der Waals surface area contributed by atoms with Crippen molar-refractivity contribution in [3.05, 3.63) is 0 Å². The molecule has 0 heterocycles. The fourth-order valence-electron chi connectivity index (χ4n) is 0.970. The van der Waals surface area contributed by atoms with Crippen molar-refractivity contribution >= 4 is 16.7 Å². The summed E-state index contributed by atoms with van der Waals surface area (Å²) in [5.74, 6) is 1.05. The minimum Gasteiger partial charge on any atom is -0.354 e. The van der Waals surface area contributed by atoms with Crippen LogP contribution in [0.1, 0.15) is 20.8 Å². The first-order chi connectivity index (χ1) is 6.93. The van der Waals surface area contributed by atoms with Crippen molar-refractivity contribution in [1.29, 1.82) is 0 Å². The van der Waals surface area contributed by atoms with Crippen molar-refractivity contribution in [2.24, 2.45) is 5.92 Å². The predicted octanol–water partition coefficient (Wildman–Crippen LogP) is 0.115. The first-order valence-electron chi connectivity index (χ1n) is 5.24. The smallest absolute Gasteiger partial charge is 0.236 e. The molecule has 0 aromatic carbocycles. The van der Waals surface area contributed by atoms with Gasteiger partial charge in [-0.1, -0.05) is 13.8 Å². The number of hydrogen-bond acceptors (Lipinski definition) is 3. The summed E-state index contributed by atoms with van der Waals surface area (Å²) >= 11 is 0. The third kappa shape index (κ3) is 8.57. The molecule has 5 heteroatoms. The van der Waals surface area contributed by atoms with Crippen molar-refractivity contribution in [3.63, 3.8) is 0 Å². The molecule has 0 aromatic rings. The summed E-state index contributed by atoms with van der Waals surface area (Å²) in [6, 6.07) is -0.215. The standard InChI is InChI=1S/C10H22N2O2S/c1-8(2)7-12-10(13)9(3)11-5-6-15(4)14/h8-9,11H,5-7H2,1-4H3,(H,12,13). The van der Waals surface area contributed by atoms with Crippen LogP contribution in [0, 0.1) is 5.92 Å². The van der Waals surface area contributed by atoms with Gasteiger partial charge in [-0.05, 0) is 12.8 Å². The zero-order valence-corrected chi connectivity index (χ0v) is 10.8. The number of hydrogen-bond donors (Lipinski definition) is 2.